The molecule has 0 spiro atoms. The highest BCUT2D eigenvalue weighted by Gasteiger charge is 2.13. The Morgan fingerprint density at radius 1 is 1.15 bits per heavy atom. The van der Waals surface area contributed by atoms with Crippen LogP contribution in [0.5, 0.6) is 0 Å². The molecule has 0 aliphatic rings. The molecule has 110 valence electrons. The van der Waals surface area contributed by atoms with Crippen LogP contribution in [0.15, 0.2) is 28.7 Å². The van der Waals surface area contributed by atoms with Gasteiger partial charge in [-0.15, -0.1) is 0 Å². The minimum atomic E-state index is -0.319. The van der Waals surface area contributed by atoms with Crippen molar-refractivity contribution in [2.24, 2.45) is 5.73 Å². The molecule has 3 heteroatoms. The topological polar surface area (TPSA) is 39.2 Å². The normalized spacial score (nSPS) is 12.9. The number of benzene rings is 1. The fraction of sp³-hybridized carbons (Fsp3) is 0.529. The second-order valence-corrected chi connectivity index (χ2v) is 5.47. The van der Waals surface area contributed by atoms with Crippen LogP contribution in [0.2, 0.25) is 0 Å². The minimum Gasteiger partial charge on any atom is -0.456 e. The van der Waals surface area contributed by atoms with E-state index in [9.17, 15) is 4.39 Å². The number of hydrogen-bond acceptors (Lipinski definition) is 2. The van der Waals surface area contributed by atoms with Crippen molar-refractivity contribution in [1.29, 1.82) is 0 Å². The first-order valence-electron chi connectivity index (χ1n) is 7.66. The van der Waals surface area contributed by atoms with Gasteiger partial charge in [-0.2, -0.15) is 0 Å². The van der Waals surface area contributed by atoms with Crippen molar-refractivity contribution in [1.82, 2.24) is 0 Å². The fourth-order valence-corrected chi connectivity index (χ4v) is 2.52. The van der Waals surface area contributed by atoms with Crippen molar-refractivity contribution in [3.8, 4) is 0 Å². The summed E-state index contributed by atoms with van der Waals surface area (Å²) in [6, 6.07) is 6.68. The zero-order valence-electron chi connectivity index (χ0n) is 12.2. The molecule has 0 saturated heterocycles. The number of fused-ring (bicyclic) bond motifs is 1. The molecule has 0 amide bonds. The molecule has 0 aliphatic carbocycles. The summed E-state index contributed by atoms with van der Waals surface area (Å²) in [5.41, 5.74) is 6.45. The van der Waals surface area contributed by atoms with Gasteiger partial charge in [0, 0.05) is 5.39 Å². The summed E-state index contributed by atoms with van der Waals surface area (Å²) < 4.78 is 19.1. The Morgan fingerprint density at radius 2 is 1.90 bits per heavy atom. The summed E-state index contributed by atoms with van der Waals surface area (Å²) >= 11 is 0. The molecule has 0 fully saturated rings. The average molecular weight is 277 g/mol. The van der Waals surface area contributed by atoms with Crippen LogP contribution in [0.1, 0.15) is 63.7 Å². The van der Waals surface area contributed by atoms with Crippen LogP contribution in [-0.4, -0.2) is 0 Å². The predicted octanol–water partition coefficient (Wildman–Crippen LogP) is 5.32. The van der Waals surface area contributed by atoms with Crippen LogP contribution in [0.4, 0.5) is 4.39 Å². The van der Waals surface area contributed by atoms with E-state index in [4.69, 9.17) is 10.2 Å². The van der Waals surface area contributed by atoms with Crippen LogP contribution >= 0.6 is 0 Å². The molecular formula is C17H24FNO. The molecule has 1 heterocycles. The Balaban J connectivity index is 1.85. The van der Waals surface area contributed by atoms with Gasteiger partial charge in [-0.05, 0) is 18.6 Å². The smallest absolute Gasteiger partial charge is 0.169 e. The molecule has 2 aromatic rings. The van der Waals surface area contributed by atoms with E-state index < -0.39 is 0 Å². The third-order valence-electron chi connectivity index (χ3n) is 3.75. The maximum atomic E-state index is 13.6. The standard InChI is InChI=1S/C17H24FNO/c1-2-3-4-5-6-7-11-15(19)16-12-13-9-8-10-14(18)17(13)20-16/h8-10,12,15H,2-7,11,19H2,1H3. The van der Waals surface area contributed by atoms with E-state index in [1.54, 1.807) is 6.07 Å². The Hall–Kier alpha value is -1.35. The lowest BCUT2D eigenvalue weighted by Crippen LogP contribution is -2.08. The van der Waals surface area contributed by atoms with Crippen LogP contribution in [0.3, 0.4) is 0 Å². The first-order valence-corrected chi connectivity index (χ1v) is 7.66. The minimum absolute atomic E-state index is 0.132. The number of furan rings is 1. The number of halogens is 1. The highest BCUT2D eigenvalue weighted by Crippen LogP contribution is 2.27. The SMILES string of the molecule is CCCCCCCCC(N)c1cc2cccc(F)c2o1. The van der Waals surface area contributed by atoms with Crippen LogP contribution in [0.25, 0.3) is 11.0 Å². The number of para-hydroxylation sites is 1. The molecular weight excluding hydrogens is 253 g/mol. The van der Waals surface area contributed by atoms with E-state index in [1.165, 1.54) is 38.2 Å². The van der Waals surface area contributed by atoms with Crippen molar-refractivity contribution in [3.05, 3.63) is 35.8 Å². The largest absolute Gasteiger partial charge is 0.456 e. The predicted molar refractivity (Wildman–Crippen MR) is 81.1 cm³/mol. The summed E-state index contributed by atoms with van der Waals surface area (Å²) in [4.78, 5) is 0. The number of unbranched alkanes of at least 4 members (excludes halogenated alkanes) is 5. The van der Waals surface area contributed by atoms with Crippen LogP contribution in [0, 0.1) is 5.82 Å². The van der Waals surface area contributed by atoms with Crippen LogP contribution < -0.4 is 5.73 Å². The molecule has 0 bridgehead atoms. The van der Waals surface area contributed by atoms with Gasteiger partial charge in [0.05, 0.1) is 6.04 Å². The summed E-state index contributed by atoms with van der Waals surface area (Å²) in [7, 11) is 0. The monoisotopic (exact) mass is 277 g/mol. The van der Waals surface area contributed by atoms with Gasteiger partial charge >= 0.3 is 0 Å². The molecule has 0 aliphatic heterocycles. The molecule has 1 aromatic heterocycles. The molecule has 2 rings (SSSR count). The average Bonchev–Trinajstić information content (AvgIpc) is 2.88. The molecule has 1 atom stereocenters. The quantitative estimate of drug-likeness (QED) is 0.663. The summed E-state index contributed by atoms with van der Waals surface area (Å²) in [5, 5.41) is 0.790. The van der Waals surface area contributed by atoms with Crippen LogP contribution in [-0.2, 0) is 0 Å². The van der Waals surface area contributed by atoms with E-state index in [2.05, 4.69) is 6.92 Å². The summed E-state index contributed by atoms with van der Waals surface area (Å²) in [6.07, 6.45) is 8.37. The maximum Gasteiger partial charge on any atom is 0.169 e. The molecule has 2 nitrogen and oxygen atoms in total. The molecule has 0 radical (unpaired) electrons. The Morgan fingerprint density at radius 3 is 2.65 bits per heavy atom. The van der Waals surface area contributed by atoms with Gasteiger partial charge in [0.1, 0.15) is 5.76 Å². The number of rotatable bonds is 8. The van der Waals surface area contributed by atoms with Gasteiger partial charge in [0.2, 0.25) is 0 Å². The van der Waals surface area contributed by atoms with Crippen molar-refractivity contribution in [2.75, 3.05) is 0 Å². The van der Waals surface area contributed by atoms with Gasteiger partial charge < -0.3 is 10.2 Å². The molecule has 2 N–H and O–H groups in total. The van der Waals surface area contributed by atoms with E-state index in [1.807, 2.05) is 12.1 Å². The highest BCUT2D eigenvalue weighted by molar-refractivity contribution is 5.78. The number of hydrogen-bond donors (Lipinski definition) is 1. The molecule has 20 heavy (non-hydrogen) atoms. The Kier molecular flexibility index (Phi) is 5.60. The van der Waals surface area contributed by atoms with Crippen molar-refractivity contribution < 1.29 is 8.81 Å². The lowest BCUT2D eigenvalue weighted by atomic mass is 10.0. The van der Waals surface area contributed by atoms with Crippen molar-refractivity contribution in [2.45, 2.75) is 57.9 Å². The summed E-state index contributed by atoms with van der Waals surface area (Å²) in [6.45, 7) is 2.22. The second kappa shape index (κ2) is 7.44. The zero-order chi connectivity index (χ0) is 14.4. The van der Waals surface area contributed by atoms with Gasteiger partial charge in [-0.25, -0.2) is 4.39 Å². The summed E-state index contributed by atoms with van der Waals surface area (Å²) in [5.74, 6) is 0.374. The number of nitrogens with two attached hydrogens (primary N) is 1. The lowest BCUT2D eigenvalue weighted by molar-refractivity contribution is 0.450. The third-order valence-corrected chi connectivity index (χ3v) is 3.75. The lowest BCUT2D eigenvalue weighted by Gasteiger charge is -2.08. The zero-order valence-corrected chi connectivity index (χ0v) is 12.2. The first kappa shape index (κ1) is 15.0. The maximum absolute atomic E-state index is 13.6. The van der Waals surface area contributed by atoms with Crippen molar-refractivity contribution >= 4 is 11.0 Å². The van der Waals surface area contributed by atoms with Gasteiger partial charge in [0.25, 0.3) is 0 Å². The van der Waals surface area contributed by atoms with Gasteiger partial charge in [0.15, 0.2) is 11.4 Å². The highest BCUT2D eigenvalue weighted by atomic mass is 19.1. The van der Waals surface area contributed by atoms with E-state index >= 15 is 0 Å². The molecule has 1 aromatic carbocycles. The van der Waals surface area contributed by atoms with E-state index in [0.717, 1.165) is 18.2 Å². The Bertz CT molecular complexity index is 535. The second-order valence-electron chi connectivity index (χ2n) is 5.47. The first-order chi connectivity index (χ1) is 9.72. The van der Waals surface area contributed by atoms with Gasteiger partial charge in [-0.3, -0.25) is 0 Å². The Labute approximate surface area is 120 Å². The van der Waals surface area contributed by atoms with Crippen molar-refractivity contribution in [3.63, 3.8) is 0 Å². The molecule has 1 unspecified atom stereocenters. The van der Waals surface area contributed by atoms with Gasteiger partial charge in [-0.1, -0.05) is 57.6 Å². The van der Waals surface area contributed by atoms with E-state index in [0.29, 0.717) is 11.3 Å². The molecule has 0 saturated carbocycles. The van der Waals surface area contributed by atoms with E-state index in [-0.39, 0.29) is 11.9 Å². The fourth-order valence-electron chi connectivity index (χ4n) is 2.52. The third kappa shape index (κ3) is 3.83.